The van der Waals surface area contributed by atoms with Crippen LogP contribution in [0.1, 0.15) is 4.88 Å². The lowest BCUT2D eigenvalue weighted by Crippen LogP contribution is -1.93. The molecule has 2 heterocycles. The lowest BCUT2D eigenvalue weighted by atomic mass is 10.2. The Morgan fingerprint density at radius 3 is 3.20 bits per heavy atom. The van der Waals surface area contributed by atoms with Gasteiger partial charge in [0.15, 0.2) is 0 Å². The molecular formula is C8H7NS. The molecule has 2 heteroatoms. The predicted molar refractivity (Wildman–Crippen MR) is 46.1 cm³/mol. The van der Waals surface area contributed by atoms with Gasteiger partial charge in [-0.25, -0.2) is 0 Å². The van der Waals surface area contributed by atoms with Gasteiger partial charge in [-0.15, -0.1) is 11.3 Å². The summed E-state index contributed by atoms with van der Waals surface area (Å²) in [5, 5.41) is 5.21. The largest absolute Gasteiger partial charge is 0.360 e. The van der Waals surface area contributed by atoms with E-state index < -0.39 is 0 Å². The van der Waals surface area contributed by atoms with Crippen LogP contribution in [0, 0.1) is 0 Å². The van der Waals surface area contributed by atoms with Crippen molar-refractivity contribution in [1.82, 2.24) is 0 Å². The molecule has 0 amide bonds. The van der Waals surface area contributed by atoms with E-state index >= 15 is 0 Å². The highest BCUT2D eigenvalue weighted by Gasteiger charge is 2.07. The second-order valence-electron chi connectivity index (χ2n) is 2.17. The highest BCUT2D eigenvalue weighted by Crippen LogP contribution is 2.32. The monoisotopic (exact) mass is 149 g/mol. The van der Waals surface area contributed by atoms with E-state index in [9.17, 15) is 0 Å². The van der Waals surface area contributed by atoms with Crippen LogP contribution in [0.4, 0.5) is 5.69 Å². The first kappa shape index (κ1) is 5.74. The van der Waals surface area contributed by atoms with Crippen LogP contribution in [0.5, 0.6) is 0 Å². The van der Waals surface area contributed by atoms with Crippen molar-refractivity contribution in [3.63, 3.8) is 0 Å². The van der Waals surface area contributed by atoms with Gasteiger partial charge < -0.3 is 5.32 Å². The smallest absolute Gasteiger partial charge is 0.0572 e. The van der Waals surface area contributed by atoms with Gasteiger partial charge in [0.05, 0.1) is 10.6 Å². The molecule has 1 nitrogen and oxygen atoms in total. The lowest BCUT2D eigenvalue weighted by Gasteiger charge is -2.07. The van der Waals surface area contributed by atoms with E-state index in [1.807, 2.05) is 12.3 Å². The molecule has 0 bridgehead atoms. The van der Waals surface area contributed by atoms with Crippen LogP contribution < -0.4 is 5.32 Å². The summed E-state index contributed by atoms with van der Waals surface area (Å²) in [7, 11) is 0. The van der Waals surface area contributed by atoms with Crippen LogP contribution in [0.2, 0.25) is 0 Å². The van der Waals surface area contributed by atoms with E-state index in [0.717, 1.165) is 5.57 Å². The van der Waals surface area contributed by atoms with E-state index in [2.05, 4.69) is 23.3 Å². The second-order valence-corrected chi connectivity index (χ2v) is 3.08. The van der Waals surface area contributed by atoms with E-state index in [0.29, 0.717) is 0 Å². The van der Waals surface area contributed by atoms with Crippen LogP contribution >= 0.6 is 11.3 Å². The fourth-order valence-electron chi connectivity index (χ4n) is 0.979. The predicted octanol–water partition coefficient (Wildman–Crippen LogP) is 2.70. The second kappa shape index (κ2) is 1.99. The van der Waals surface area contributed by atoms with Gasteiger partial charge in [0, 0.05) is 6.20 Å². The fourth-order valence-corrected chi connectivity index (χ4v) is 1.79. The van der Waals surface area contributed by atoms with Crippen molar-refractivity contribution in [3.8, 4) is 0 Å². The van der Waals surface area contributed by atoms with E-state index in [1.165, 1.54) is 10.6 Å². The van der Waals surface area contributed by atoms with Crippen molar-refractivity contribution >= 4 is 22.6 Å². The van der Waals surface area contributed by atoms with Gasteiger partial charge in [-0.05, 0) is 23.1 Å². The maximum absolute atomic E-state index is 3.91. The Hall–Kier alpha value is -1.02. The van der Waals surface area contributed by atoms with Crippen LogP contribution in [0.15, 0.2) is 30.3 Å². The molecule has 1 aromatic rings. The number of hydrogen-bond acceptors (Lipinski definition) is 2. The summed E-state index contributed by atoms with van der Waals surface area (Å²) >= 11 is 1.72. The molecule has 0 aliphatic carbocycles. The Labute approximate surface area is 63.7 Å². The van der Waals surface area contributed by atoms with Crippen LogP contribution in [0.3, 0.4) is 0 Å². The molecule has 0 unspecified atom stereocenters. The normalized spacial score (nSPS) is 14.6. The first-order valence-corrected chi connectivity index (χ1v) is 3.96. The molecule has 1 N–H and O–H groups in total. The Bertz CT molecular complexity index is 296. The van der Waals surface area contributed by atoms with Crippen molar-refractivity contribution < 1.29 is 0 Å². The number of allylic oxidation sites excluding steroid dienone is 2. The zero-order valence-corrected chi connectivity index (χ0v) is 6.24. The third kappa shape index (κ3) is 0.693. The van der Waals surface area contributed by atoms with E-state index in [1.54, 1.807) is 11.3 Å². The average Bonchev–Trinajstić information content (AvgIpc) is 2.36. The molecule has 1 aliphatic heterocycles. The molecule has 1 aromatic heterocycles. The summed E-state index contributed by atoms with van der Waals surface area (Å²) in [6.45, 7) is 3.91. The summed E-state index contributed by atoms with van der Waals surface area (Å²) in [5.74, 6) is 0. The van der Waals surface area contributed by atoms with E-state index in [4.69, 9.17) is 0 Å². The number of fused-ring (bicyclic) bond motifs is 1. The molecule has 0 fully saturated rings. The molecular weight excluding hydrogens is 142 g/mol. The maximum atomic E-state index is 3.91. The van der Waals surface area contributed by atoms with Gasteiger partial charge in [0.25, 0.3) is 0 Å². The summed E-state index contributed by atoms with van der Waals surface area (Å²) in [5.41, 5.74) is 2.28. The molecule has 0 saturated heterocycles. The minimum Gasteiger partial charge on any atom is -0.360 e. The molecule has 0 spiro atoms. The standard InChI is InChI=1S/C8H7NS/c1-6-2-4-9-7-3-5-10-8(6)7/h2-5,9H,1H2. The molecule has 0 saturated carbocycles. The zero-order chi connectivity index (χ0) is 6.97. The molecule has 0 radical (unpaired) electrons. The Balaban J connectivity index is 2.58. The third-order valence-corrected chi connectivity index (χ3v) is 2.47. The number of rotatable bonds is 0. The molecule has 50 valence electrons. The molecule has 1 aliphatic rings. The highest BCUT2D eigenvalue weighted by atomic mass is 32.1. The van der Waals surface area contributed by atoms with Crippen LogP contribution in [-0.4, -0.2) is 0 Å². The van der Waals surface area contributed by atoms with Gasteiger partial charge in [0.2, 0.25) is 0 Å². The first-order valence-electron chi connectivity index (χ1n) is 3.08. The van der Waals surface area contributed by atoms with Crippen LogP contribution in [0.25, 0.3) is 5.57 Å². The van der Waals surface area contributed by atoms with Crippen molar-refractivity contribution in [2.75, 3.05) is 5.32 Å². The minimum absolute atomic E-state index is 1.10. The average molecular weight is 149 g/mol. The molecule has 10 heavy (non-hydrogen) atoms. The summed E-state index contributed by atoms with van der Waals surface area (Å²) < 4.78 is 0. The quantitative estimate of drug-likeness (QED) is 0.598. The maximum Gasteiger partial charge on any atom is 0.0572 e. The third-order valence-electron chi connectivity index (χ3n) is 1.48. The molecule has 2 rings (SSSR count). The SMILES string of the molecule is C=C1C=CNc2ccsc21. The Morgan fingerprint density at radius 1 is 1.50 bits per heavy atom. The number of thiophene rings is 1. The number of hydrogen-bond donors (Lipinski definition) is 1. The topological polar surface area (TPSA) is 12.0 Å². The fraction of sp³-hybridized carbons (Fsp3) is 0. The van der Waals surface area contributed by atoms with Gasteiger partial charge >= 0.3 is 0 Å². The lowest BCUT2D eigenvalue weighted by molar-refractivity contribution is 1.59. The summed E-state index contributed by atoms with van der Waals surface area (Å²) in [4.78, 5) is 1.25. The number of anilines is 1. The summed E-state index contributed by atoms with van der Waals surface area (Å²) in [6.07, 6.45) is 3.90. The first-order chi connectivity index (χ1) is 4.88. The minimum atomic E-state index is 1.10. The highest BCUT2D eigenvalue weighted by molar-refractivity contribution is 7.11. The van der Waals surface area contributed by atoms with Gasteiger partial charge in [-0.2, -0.15) is 0 Å². The van der Waals surface area contributed by atoms with Gasteiger partial charge in [-0.3, -0.25) is 0 Å². The molecule has 0 aromatic carbocycles. The summed E-state index contributed by atoms with van der Waals surface area (Å²) in [6, 6.07) is 2.06. The molecule has 0 atom stereocenters. The van der Waals surface area contributed by atoms with Crippen molar-refractivity contribution in [2.24, 2.45) is 0 Å². The van der Waals surface area contributed by atoms with Crippen molar-refractivity contribution in [2.45, 2.75) is 0 Å². The Morgan fingerprint density at radius 2 is 2.40 bits per heavy atom. The van der Waals surface area contributed by atoms with Gasteiger partial charge in [-0.1, -0.05) is 6.58 Å². The van der Waals surface area contributed by atoms with Crippen molar-refractivity contribution in [1.29, 1.82) is 0 Å². The van der Waals surface area contributed by atoms with Crippen molar-refractivity contribution in [3.05, 3.63) is 35.2 Å². The zero-order valence-electron chi connectivity index (χ0n) is 5.42. The Kier molecular flexibility index (Phi) is 1.14. The van der Waals surface area contributed by atoms with Gasteiger partial charge in [0.1, 0.15) is 0 Å². The number of nitrogens with one attached hydrogen (secondary N) is 1. The van der Waals surface area contributed by atoms with E-state index in [-0.39, 0.29) is 0 Å². The van der Waals surface area contributed by atoms with Crippen LogP contribution in [-0.2, 0) is 0 Å².